The van der Waals surface area contributed by atoms with E-state index in [9.17, 15) is 9.59 Å². The molecular formula is C17H14N8O2S. The summed E-state index contributed by atoms with van der Waals surface area (Å²) in [5, 5.41) is 16.1. The van der Waals surface area contributed by atoms with E-state index in [1.54, 1.807) is 28.6 Å². The molecule has 0 aliphatic rings. The summed E-state index contributed by atoms with van der Waals surface area (Å²) in [4.78, 5) is 30.0. The molecule has 5 aromatic heterocycles. The number of aromatic nitrogens is 8. The minimum atomic E-state index is -0.233. The maximum Gasteiger partial charge on any atom is 0.291 e. The second-order valence-corrected chi connectivity index (χ2v) is 7.38. The van der Waals surface area contributed by atoms with Crippen LogP contribution < -0.4 is 5.56 Å². The van der Waals surface area contributed by atoms with Crippen LogP contribution in [0.25, 0.3) is 21.3 Å². The molecule has 0 aliphatic heterocycles. The van der Waals surface area contributed by atoms with Crippen LogP contribution in [-0.2, 0) is 20.6 Å². The molecule has 140 valence electrons. The molecule has 0 aromatic carbocycles. The van der Waals surface area contributed by atoms with Crippen LogP contribution in [0.2, 0.25) is 0 Å². The molecule has 0 saturated carbocycles. The van der Waals surface area contributed by atoms with Crippen molar-refractivity contribution in [2.45, 2.75) is 6.54 Å². The Labute approximate surface area is 161 Å². The van der Waals surface area contributed by atoms with Gasteiger partial charge in [0, 0.05) is 31.9 Å². The largest absolute Gasteiger partial charge is 0.323 e. The van der Waals surface area contributed by atoms with Gasteiger partial charge in [0.2, 0.25) is 5.78 Å². The van der Waals surface area contributed by atoms with Crippen LogP contribution in [0.5, 0.6) is 0 Å². The average Bonchev–Trinajstić information content (AvgIpc) is 3.45. The molecule has 0 saturated heterocycles. The maximum absolute atomic E-state index is 13.0. The Bertz CT molecular complexity index is 1400. The van der Waals surface area contributed by atoms with Crippen LogP contribution >= 0.6 is 11.3 Å². The van der Waals surface area contributed by atoms with Crippen LogP contribution in [-0.4, -0.2) is 45.1 Å². The number of ketones is 1. The fraction of sp³-hybridized carbons (Fsp3) is 0.176. The van der Waals surface area contributed by atoms with Gasteiger partial charge in [-0.1, -0.05) is 0 Å². The SMILES string of the molecule is Cn1ccc(Cn2ncc3c4sc(C(=O)c5ccn[nH]5)nc4n(C)c3c2=O)n1. The number of hydrogen-bond donors (Lipinski definition) is 1. The molecule has 28 heavy (non-hydrogen) atoms. The van der Waals surface area contributed by atoms with E-state index in [1.807, 2.05) is 19.3 Å². The van der Waals surface area contributed by atoms with Crippen molar-refractivity contribution < 1.29 is 4.79 Å². The lowest BCUT2D eigenvalue weighted by atomic mass is 10.3. The molecule has 0 spiro atoms. The van der Waals surface area contributed by atoms with E-state index in [-0.39, 0.29) is 17.9 Å². The molecule has 10 nitrogen and oxygen atoms in total. The number of carbonyl (C=O) groups excluding carboxylic acids is 1. The number of nitrogens with zero attached hydrogens (tertiary/aromatic N) is 7. The first-order valence-corrected chi connectivity index (χ1v) is 9.22. The lowest BCUT2D eigenvalue weighted by molar-refractivity contribution is 0.103. The number of hydrogen-bond acceptors (Lipinski definition) is 7. The molecule has 5 aromatic rings. The van der Waals surface area contributed by atoms with E-state index in [4.69, 9.17) is 0 Å². The van der Waals surface area contributed by atoms with Gasteiger partial charge in [-0.15, -0.1) is 11.3 Å². The second kappa shape index (κ2) is 5.96. The summed E-state index contributed by atoms with van der Waals surface area (Å²) in [5.41, 5.74) is 1.98. The maximum atomic E-state index is 13.0. The summed E-state index contributed by atoms with van der Waals surface area (Å²) in [6, 6.07) is 3.45. The van der Waals surface area contributed by atoms with Crippen LogP contribution in [0.1, 0.15) is 21.2 Å². The standard InChI is InChI=1S/C17H14N8O2S/c1-23-6-4-9(22-23)8-25-17(27)12-10(7-19-25)14-15(24(12)2)20-16(28-14)13(26)11-3-5-18-21-11/h3-7H,8H2,1-2H3,(H,18,21). The van der Waals surface area contributed by atoms with Gasteiger partial charge < -0.3 is 4.57 Å². The first-order valence-electron chi connectivity index (χ1n) is 8.40. The monoisotopic (exact) mass is 394 g/mol. The van der Waals surface area contributed by atoms with Crippen molar-refractivity contribution in [3.63, 3.8) is 0 Å². The zero-order valence-electron chi connectivity index (χ0n) is 14.9. The van der Waals surface area contributed by atoms with Gasteiger partial charge in [-0.3, -0.25) is 19.4 Å². The zero-order chi connectivity index (χ0) is 19.4. The normalized spacial score (nSPS) is 11.6. The molecular weight excluding hydrogens is 380 g/mol. The summed E-state index contributed by atoms with van der Waals surface area (Å²) in [7, 11) is 3.59. The third kappa shape index (κ3) is 2.40. The Morgan fingerprint density at radius 3 is 2.86 bits per heavy atom. The molecule has 0 atom stereocenters. The van der Waals surface area contributed by atoms with Gasteiger partial charge in [0.15, 0.2) is 10.7 Å². The Balaban J connectivity index is 1.63. The van der Waals surface area contributed by atoms with Crippen LogP contribution in [0, 0.1) is 0 Å². The van der Waals surface area contributed by atoms with Crippen LogP contribution in [0.15, 0.2) is 35.5 Å². The molecule has 5 heterocycles. The fourth-order valence-corrected chi connectivity index (χ4v) is 4.26. The molecule has 0 aliphatic carbocycles. The smallest absolute Gasteiger partial charge is 0.291 e. The minimum absolute atomic E-state index is 0.225. The number of rotatable bonds is 4. The molecule has 0 bridgehead atoms. The number of H-pyrrole nitrogens is 1. The molecule has 11 heteroatoms. The summed E-state index contributed by atoms with van der Waals surface area (Å²) in [5.74, 6) is -0.233. The third-order valence-corrected chi connectivity index (χ3v) is 5.62. The Hall–Kier alpha value is -3.60. The van der Waals surface area contributed by atoms with E-state index in [0.29, 0.717) is 27.3 Å². The van der Waals surface area contributed by atoms with Crippen molar-refractivity contribution in [2.75, 3.05) is 0 Å². The first kappa shape index (κ1) is 16.6. The Kier molecular flexibility index (Phi) is 3.52. The molecule has 0 fully saturated rings. The van der Waals surface area contributed by atoms with Crippen LogP contribution in [0.3, 0.4) is 0 Å². The summed E-state index contributed by atoms with van der Waals surface area (Å²) in [6.07, 6.45) is 4.98. The van der Waals surface area contributed by atoms with Gasteiger partial charge in [-0.25, -0.2) is 9.67 Å². The van der Waals surface area contributed by atoms with Crippen molar-refractivity contribution >= 4 is 38.4 Å². The highest BCUT2D eigenvalue weighted by atomic mass is 32.1. The van der Waals surface area contributed by atoms with Crippen molar-refractivity contribution in [3.8, 4) is 0 Å². The van der Waals surface area contributed by atoms with Crippen molar-refractivity contribution in [1.82, 2.24) is 39.3 Å². The highest BCUT2D eigenvalue weighted by Gasteiger charge is 2.22. The molecule has 0 unspecified atom stereocenters. The lowest BCUT2D eigenvalue weighted by Gasteiger charge is -2.03. The number of aromatic amines is 1. The van der Waals surface area contributed by atoms with Gasteiger partial charge in [0.25, 0.3) is 5.56 Å². The molecule has 5 rings (SSSR count). The highest BCUT2D eigenvalue weighted by Crippen LogP contribution is 2.31. The highest BCUT2D eigenvalue weighted by molar-refractivity contribution is 7.21. The van der Waals surface area contributed by atoms with Gasteiger partial charge in [0.05, 0.1) is 23.1 Å². The van der Waals surface area contributed by atoms with E-state index >= 15 is 0 Å². The number of fused-ring (bicyclic) bond motifs is 3. The molecule has 1 N–H and O–H groups in total. The Morgan fingerprint density at radius 2 is 2.14 bits per heavy atom. The second-order valence-electron chi connectivity index (χ2n) is 6.38. The summed E-state index contributed by atoms with van der Waals surface area (Å²) < 4.78 is 5.53. The number of nitrogens with one attached hydrogen (secondary N) is 1. The van der Waals surface area contributed by atoms with Gasteiger partial charge in [-0.2, -0.15) is 15.3 Å². The van der Waals surface area contributed by atoms with Crippen molar-refractivity contribution in [2.24, 2.45) is 14.1 Å². The fourth-order valence-electron chi connectivity index (χ4n) is 3.20. The number of aryl methyl sites for hydroxylation is 2. The van der Waals surface area contributed by atoms with E-state index in [1.165, 1.54) is 22.2 Å². The van der Waals surface area contributed by atoms with E-state index in [2.05, 4.69) is 25.4 Å². The first-order chi connectivity index (χ1) is 13.5. The topological polar surface area (TPSA) is 116 Å². The van der Waals surface area contributed by atoms with Gasteiger partial charge >= 0.3 is 0 Å². The van der Waals surface area contributed by atoms with Gasteiger partial charge in [-0.05, 0) is 12.1 Å². The van der Waals surface area contributed by atoms with Gasteiger partial charge in [0.1, 0.15) is 11.2 Å². The molecule has 0 radical (unpaired) electrons. The third-order valence-electron chi connectivity index (χ3n) is 4.55. The minimum Gasteiger partial charge on any atom is -0.323 e. The van der Waals surface area contributed by atoms with Crippen LogP contribution in [0.4, 0.5) is 0 Å². The zero-order valence-corrected chi connectivity index (χ0v) is 15.8. The lowest BCUT2D eigenvalue weighted by Crippen LogP contribution is -2.24. The molecule has 0 amide bonds. The number of carbonyl (C=O) groups is 1. The predicted octanol–water partition coefficient (Wildman–Crippen LogP) is 1.08. The predicted molar refractivity (Wildman–Crippen MR) is 102 cm³/mol. The average molecular weight is 394 g/mol. The quantitative estimate of drug-likeness (QED) is 0.456. The van der Waals surface area contributed by atoms with Crippen molar-refractivity contribution in [1.29, 1.82) is 0 Å². The van der Waals surface area contributed by atoms with Crippen molar-refractivity contribution in [3.05, 3.63) is 57.5 Å². The summed E-state index contributed by atoms with van der Waals surface area (Å²) in [6.45, 7) is 0.283. The van der Waals surface area contributed by atoms with E-state index < -0.39 is 0 Å². The summed E-state index contributed by atoms with van der Waals surface area (Å²) >= 11 is 1.24. The Morgan fingerprint density at radius 1 is 1.29 bits per heavy atom. The number of thiazole rings is 1. The van der Waals surface area contributed by atoms with E-state index in [0.717, 1.165) is 10.4 Å².